The van der Waals surface area contributed by atoms with Crippen LogP contribution in [0.1, 0.15) is 17.3 Å². The molecule has 0 amide bonds. The van der Waals surface area contributed by atoms with E-state index < -0.39 is 28.0 Å². The number of carboxylic acids is 1. The van der Waals surface area contributed by atoms with Crippen LogP contribution in [0.15, 0.2) is 12.1 Å². The van der Waals surface area contributed by atoms with E-state index in [1.807, 2.05) is 6.92 Å². The van der Waals surface area contributed by atoms with Gasteiger partial charge in [0.15, 0.2) is 0 Å². The molecule has 0 bridgehead atoms. The number of rotatable bonds is 7. The van der Waals surface area contributed by atoms with E-state index in [4.69, 9.17) is 9.84 Å². The Morgan fingerprint density at radius 2 is 2.25 bits per heavy atom. The molecule has 0 aliphatic carbocycles. The topological polar surface area (TPSA) is 102 Å². The molecule has 0 spiro atoms. The van der Waals surface area contributed by atoms with E-state index in [0.717, 1.165) is 6.07 Å². The van der Waals surface area contributed by atoms with Gasteiger partial charge in [-0.15, -0.1) is 0 Å². The Balaban J connectivity index is 3.03. The predicted octanol–water partition coefficient (Wildman–Crippen LogP) is 2.13. The van der Waals surface area contributed by atoms with Crippen molar-refractivity contribution in [1.82, 2.24) is 0 Å². The number of nitro benzene ring substituents is 1. The summed E-state index contributed by atoms with van der Waals surface area (Å²) in [6.45, 7) is 2.63. The van der Waals surface area contributed by atoms with Crippen LogP contribution >= 0.6 is 0 Å². The van der Waals surface area contributed by atoms with Crippen molar-refractivity contribution in [3.8, 4) is 0 Å². The fourth-order valence-electron chi connectivity index (χ4n) is 1.65. The molecule has 0 heterocycles. The quantitative estimate of drug-likeness (QED) is 0.588. The van der Waals surface area contributed by atoms with Gasteiger partial charge in [0.1, 0.15) is 17.1 Å². The molecule has 7 nitrogen and oxygen atoms in total. The van der Waals surface area contributed by atoms with Gasteiger partial charge in [0.05, 0.1) is 11.5 Å². The van der Waals surface area contributed by atoms with Gasteiger partial charge in [-0.25, -0.2) is 9.18 Å². The maximum atomic E-state index is 13.5. The molecule has 0 aliphatic heterocycles. The first-order chi connectivity index (χ1) is 9.36. The number of ether oxygens (including phenoxy) is 1. The number of carbonyl (C=O) groups is 1. The average Bonchev–Trinajstić information content (AvgIpc) is 2.35. The highest BCUT2D eigenvalue weighted by atomic mass is 19.1. The monoisotopic (exact) mass is 286 g/mol. The molecule has 20 heavy (non-hydrogen) atoms. The summed E-state index contributed by atoms with van der Waals surface area (Å²) in [5.74, 6) is -2.52. The summed E-state index contributed by atoms with van der Waals surface area (Å²) in [7, 11) is 1.53. The van der Waals surface area contributed by atoms with Crippen LogP contribution in [0.5, 0.6) is 0 Å². The van der Waals surface area contributed by atoms with Crippen LogP contribution < -0.4 is 5.32 Å². The Labute approximate surface area is 114 Å². The third kappa shape index (κ3) is 3.89. The average molecular weight is 286 g/mol. The lowest BCUT2D eigenvalue weighted by Gasteiger charge is -2.13. The van der Waals surface area contributed by atoms with E-state index in [0.29, 0.717) is 19.2 Å². The summed E-state index contributed by atoms with van der Waals surface area (Å²) in [6.07, 6.45) is 0. The number of methoxy groups -OCH3 is 1. The smallest absolute Gasteiger partial charge is 0.338 e. The number of carboxylic acid groups (broad SMARTS) is 1. The van der Waals surface area contributed by atoms with Gasteiger partial charge in [0.2, 0.25) is 0 Å². The van der Waals surface area contributed by atoms with Crippen molar-refractivity contribution in [2.45, 2.75) is 6.92 Å². The molecule has 110 valence electrons. The van der Waals surface area contributed by atoms with Crippen molar-refractivity contribution in [3.63, 3.8) is 0 Å². The number of nitrogens with zero attached hydrogens (tertiary/aromatic N) is 1. The molecule has 0 aliphatic rings. The van der Waals surface area contributed by atoms with E-state index in [1.165, 1.54) is 7.11 Å². The van der Waals surface area contributed by atoms with Crippen LogP contribution in [-0.4, -0.2) is 36.3 Å². The van der Waals surface area contributed by atoms with Gasteiger partial charge in [-0.05, 0) is 5.92 Å². The first-order valence-corrected chi connectivity index (χ1v) is 5.80. The first-order valence-electron chi connectivity index (χ1n) is 5.80. The number of anilines is 1. The van der Waals surface area contributed by atoms with Crippen molar-refractivity contribution < 1.29 is 24.0 Å². The van der Waals surface area contributed by atoms with E-state index in [2.05, 4.69) is 5.32 Å². The zero-order valence-electron chi connectivity index (χ0n) is 11.1. The minimum absolute atomic E-state index is 0.0551. The molecule has 0 aromatic heterocycles. The van der Waals surface area contributed by atoms with Gasteiger partial charge in [0.25, 0.3) is 5.69 Å². The van der Waals surface area contributed by atoms with E-state index in [9.17, 15) is 19.3 Å². The fourth-order valence-corrected chi connectivity index (χ4v) is 1.65. The zero-order valence-corrected chi connectivity index (χ0v) is 11.1. The molecule has 2 N–H and O–H groups in total. The van der Waals surface area contributed by atoms with Crippen molar-refractivity contribution in [1.29, 1.82) is 0 Å². The molecule has 0 saturated carbocycles. The Morgan fingerprint density at radius 3 is 2.75 bits per heavy atom. The second-order valence-electron chi connectivity index (χ2n) is 4.35. The first kappa shape index (κ1) is 15.8. The van der Waals surface area contributed by atoms with Crippen LogP contribution in [0.2, 0.25) is 0 Å². The third-order valence-corrected chi connectivity index (χ3v) is 2.60. The van der Waals surface area contributed by atoms with E-state index >= 15 is 0 Å². The highest BCUT2D eigenvalue weighted by Crippen LogP contribution is 2.28. The predicted molar refractivity (Wildman–Crippen MR) is 69.5 cm³/mol. The molecule has 1 aromatic rings. The standard InChI is InChI=1S/C12H15FN2O5/c1-7(6-20-2)5-14-10-4-9(13)8(12(16)17)3-11(10)15(18)19/h3-4,7,14H,5-6H2,1-2H3,(H,16,17). The summed E-state index contributed by atoms with van der Waals surface area (Å²) in [4.78, 5) is 20.9. The van der Waals surface area contributed by atoms with Crippen LogP contribution in [0.25, 0.3) is 0 Å². The zero-order chi connectivity index (χ0) is 15.3. The fraction of sp³-hybridized carbons (Fsp3) is 0.417. The Hall–Kier alpha value is -2.22. The molecule has 0 fully saturated rings. The van der Waals surface area contributed by atoms with Crippen molar-refractivity contribution in [2.24, 2.45) is 5.92 Å². The van der Waals surface area contributed by atoms with E-state index in [-0.39, 0.29) is 11.6 Å². The number of hydrogen-bond donors (Lipinski definition) is 2. The Kier molecular flexibility index (Phi) is 5.39. The summed E-state index contributed by atoms with van der Waals surface area (Å²) < 4.78 is 18.5. The maximum Gasteiger partial charge on any atom is 0.338 e. The van der Waals surface area contributed by atoms with Gasteiger partial charge in [-0.1, -0.05) is 6.92 Å². The molecule has 8 heteroatoms. The van der Waals surface area contributed by atoms with Crippen LogP contribution in [0.3, 0.4) is 0 Å². The van der Waals surface area contributed by atoms with Gasteiger partial charge >= 0.3 is 5.97 Å². The highest BCUT2D eigenvalue weighted by Gasteiger charge is 2.22. The van der Waals surface area contributed by atoms with Gasteiger partial charge < -0.3 is 15.2 Å². The highest BCUT2D eigenvalue weighted by molar-refractivity contribution is 5.90. The van der Waals surface area contributed by atoms with Crippen LogP contribution in [-0.2, 0) is 4.74 Å². The number of nitro groups is 1. The molecule has 0 saturated heterocycles. The molecule has 1 rings (SSSR count). The molecule has 1 unspecified atom stereocenters. The lowest BCUT2D eigenvalue weighted by molar-refractivity contribution is -0.384. The minimum atomic E-state index is -1.55. The molecular formula is C12H15FN2O5. The van der Waals surface area contributed by atoms with Crippen molar-refractivity contribution in [3.05, 3.63) is 33.6 Å². The number of aromatic carboxylic acids is 1. The minimum Gasteiger partial charge on any atom is -0.478 e. The van der Waals surface area contributed by atoms with Crippen molar-refractivity contribution in [2.75, 3.05) is 25.6 Å². The SMILES string of the molecule is COCC(C)CNc1cc(F)c(C(=O)O)cc1[N+](=O)[O-]. The Morgan fingerprint density at radius 1 is 1.60 bits per heavy atom. The normalized spacial score (nSPS) is 11.9. The lowest BCUT2D eigenvalue weighted by atomic mass is 10.1. The summed E-state index contributed by atoms with van der Waals surface area (Å²) in [5, 5.41) is 22.4. The van der Waals surface area contributed by atoms with Gasteiger partial charge in [0, 0.05) is 25.8 Å². The number of halogens is 1. The summed E-state index contributed by atoms with van der Waals surface area (Å²) >= 11 is 0. The maximum absolute atomic E-state index is 13.5. The molecule has 1 atom stereocenters. The number of benzene rings is 1. The number of nitrogens with one attached hydrogen (secondary N) is 1. The van der Waals surface area contributed by atoms with Crippen LogP contribution in [0.4, 0.5) is 15.8 Å². The summed E-state index contributed by atoms with van der Waals surface area (Å²) in [6, 6.07) is 1.53. The summed E-state index contributed by atoms with van der Waals surface area (Å²) in [5.41, 5.74) is -1.26. The molecule has 0 radical (unpaired) electrons. The van der Waals surface area contributed by atoms with Gasteiger partial charge in [-0.2, -0.15) is 0 Å². The van der Waals surface area contributed by atoms with Crippen LogP contribution in [0, 0.1) is 21.8 Å². The largest absolute Gasteiger partial charge is 0.478 e. The van der Waals surface area contributed by atoms with E-state index in [1.54, 1.807) is 0 Å². The van der Waals surface area contributed by atoms with Crippen molar-refractivity contribution >= 4 is 17.3 Å². The Bertz CT molecular complexity index is 521. The third-order valence-electron chi connectivity index (χ3n) is 2.60. The second kappa shape index (κ2) is 6.80. The molecular weight excluding hydrogens is 271 g/mol. The number of hydrogen-bond acceptors (Lipinski definition) is 5. The second-order valence-corrected chi connectivity index (χ2v) is 4.35. The molecule has 1 aromatic carbocycles. The van der Waals surface area contributed by atoms with Gasteiger partial charge in [-0.3, -0.25) is 10.1 Å². The lowest BCUT2D eigenvalue weighted by Crippen LogP contribution is -2.17.